The van der Waals surface area contributed by atoms with Gasteiger partial charge in [-0.3, -0.25) is 9.69 Å². The second-order valence-corrected chi connectivity index (χ2v) is 8.96. The van der Waals surface area contributed by atoms with E-state index in [9.17, 15) is 22.8 Å². The number of nitrogens with zero attached hydrogens (tertiary/aromatic N) is 2. The summed E-state index contributed by atoms with van der Waals surface area (Å²) in [7, 11) is 0. The van der Waals surface area contributed by atoms with Gasteiger partial charge in [-0.15, -0.1) is 13.2 Å². The van der Waals surface area contributed by atoms with E-state index < -0.39 is 17.7 Å². The van der Waals surface area contributed by atoms with Crippen molar-refractivity contribution in [3.05, 3.63) is 77.9 Å². The summed E-state index contributed by atoms with van der Waals surface area (Å²) >= 11 is 0. The van der Waals surface area contributed by atoms with Crippen molar-refractivity contribution in [3.8, 4) is 5.75 Å². The maximum Gasteiger partial charge on any atom is 0.573 e. The minimum atomic E-state index is -4.83. The molecule has 0 aliphatic carbocycles. The summed E-state index contributed by atoms with van der Waals surface area (Å²) < 4.78 is 47.2. The number of hydrogen-bond donors (Lipinski definition) is 0. The van der Waals surface area contributed by atoms with Crippen molar-refractivity contribution in [2.24, 2.45) is 0 Å². The van der Waals surface area contributed by atoms with Gasteiger partial charge in [-0.1, -0.05) is 42.5 Å². The van der Waals surface area contributed by atoms with Crippen molar-refractivity contribution in [3.63, 3.8) is 0 Å². The van der Waals surface area contributed by atoms with E-state index in [0.29, 0.717) is 39.0 Å². The quantitative estimate of drug-likeness (QED) is 0.500. The third-order valence-corrected chi connectivity index (χ3v) is 6.50. The molecule has 3 aromatic carbocycles. The first-order valence-corrected chi connectivity index (χ1v) is 11.3. The van der Waals surface area contributed by atoms with Crippen LogP contribution in [0.1, 0.15) is 28.8 Å². The SMILES string of the molecule is O=C1OC2(CCN(C(=O)c3cccc(OC(F)(F)F)c3)CC2)CN1Cc1ccc2ccccc2c1. The molecule has 1 spiro atoms. The van der Waals surface area contributed by atoms with Crippen molar-refractivity contribution in [1.29, 1.82) is 0 Å². The number of amides is 2. The van der Waals surface area contributed by atoms with Crippen LogP contribution in [0.2, 0.25) is 0 Å². The molecule has 2 fully saturated rings. The zero-order valence-electron chi connectivity index (χ0n) is 18.8. The van der Waals surface area contributed by atoms with Gasteiger partial charge in [0.1, 0.15) is 11.4 Å². The number of ether oxygens (including phenoxy) is 2. The molecule has 35 heavy (non-hydrogen) atoms. The summed E-state index contributed by atoms with van der Waals surface area (Å²) in [5.74, 6) is -0.823. The highest BCUT2D eigenvalue weighted by atomic mass is 19.4. The second-order valence-electron chi connectivity index (χ2n) is 8.96. The molecule has 2 heterocycles. The first-order chi connectivity index (χ1) is 16.7. The van der Waals surface area contributed by atoms with E-state index in [-0.39, 0.29) is 17.6 Å². The number of rotatable bonds is 4. The number of carbonyl (C=O) groups excluding carboxylic acids is 2. The Kier molecular flexibility index (Phi) is 5.78. The number of carbonyl (C=O) groups is 2. The van der Waals surface area contributed by atoms with E-state index in [2.05, 4.69) is 10.8 Å². The lowest BCUT2D eigenvalue weighted by Crippen LogP contribution is -2.48. The molecule has 6 nitrogen and oxygen atoms in total. The molecule has 0 aromatic heterocycles. The predicted molar refractivity (Wildman–Crippen MR) is 122 cm³/mol. The molecule has 2 saturated heterocycles. The molecule has 9 heteroatoms. The Morgan fingerprint density at radius 2 is 1.71 bits per heavy atom. The average molecular weight is 484 g/mol. The Morgan fingerprint density at radius 1 is 0.971 bits per heavy atom. The Hall–Kier alpha value is -3.75. The molecule has 0 unspecified atom stereocenters. The van der Waals surface area contributed by atoms with E-state index in [1.165, 1.54) is 12.1 Å². The first kappa shape index (κ1) is 23.0. The molecule has 182 valence electrons. The number of benzene rings is 3. The molecule has 2 aliphatic rings. The van der Waals surface area contributed by atoms with Crippen LogP contribution in [-0.2, 0) is 11.3 Å². The summed E-state index contributed by atoms with van der Waals surface area (Å²) in [6.07, 6.45) is -4.30. The minimum absolute atomic E-state index is 0.115. The molecular weight excluding hydrogens is 461 g/mol. The topological polar surface area (TPSA) is 59.1 Å². The van der Waals surface area contributed by atoms with Crippen molar-refractivity contribution in [2.45, 2.75) is 31.3 Å². The molecule has 0 atom stereocenters. The van der Waals surface area contributed by atoms with Gasteiger partial charge >= 0.3 is 12.5 Å². The predicted octanol–water partition coefficient (Wildman–Crippen LogP) is 5.37. The summed E-state index contributed by atoms with van der Waals surface area (Å²) in [6.45, 7) is 1.52. The van der Waals surface area contributed by atoms with Gasteiger partial charge < -0.3 is 14.4 Å². The number of likely N-dealkylation sites (tertiary alicyclic amines) is 1. The maximum atomic E-state index is 12.9. The lowest BCUT2D eigenvalue weighted by Gasteiger charge is -2.37. The lowest BCUT2D eigenvalue weighted by molar-refractivity contribution is -0.274. The van der Waals surface area contributed by atoms with E-state index in [1.54, 1.807) is 9.80 Å². The van der Waals surface area contributed by atoms with Gasteiger partial charge in [0.25, 0.3) is 5.91 Å². The zero-order chi connectivity index (χ0) is 24.6. The standard InChI is InChI=1S/C26H23F3N2O4/c27-26(28,29)34-22-7-3-6-21(15-22)23(32)30-12-10-25(11-13-30)17-31(24(33)35-25)16-18-8-9-19-4-1-2-5-20(19)14-18/h1-9,14-15H,10-13,16-17H2. The normalized spacial score (nSPS) is 17.6. The summed E-state index contributed by atoms with van der Waals surface area (Å²) in [5, 5.41) is 2.23. The average Bonchev–Trinajstić information content (AvgIpc) is 3.12. The van der Waals surface area contributed by atoms with Crippen LogP contribution in [0.15, 0.2) is 66.7 Å². The number of fused-ring (bicyclic) bond motifs is 1. The first-order valence-electron chi connectivity index (χ1n) is 11.3. The Morgan fingerprint density at radius 3 is 2.46 bits per heavy atom. The van der Waals surface area contributed by atoms with Crippen molar-refractivity contribution in [2.75, 3.05) is 19.6 Å². The Balaban J connectivity index is 1.21. The third-order valence-electron chi connectivity index (χ3n) is 6.50. The van der Waals surface area contributed by atoms with E-state index in [1.807, 2.05) is 36.4 Å². The van der Waals surface area contributed by atoms with E-state index >= 15 is 0 Å². The monoisotopic (exact) mass is 484 g/mol. The van der Waals surface area contributed by atoms with Crippen molar-refractivity contribution >= 4 is 22.8 Å². The number of alkyl halides is 3. The van der Waals surface area contributed by atoms with Crippen LogP contribution in [0.5, 0.6) is 5.75 Å². The molecule has 2 amide bonds. The second kappa shape index (κ2) is 8.79. The fourth-order valence-corrected chi connectivity index (χ4v) is 4.76. The van der Waals surface area contributed by atoms with Gasteiger partial charge in [-0.2, -0.15) is 0 Å². The van der Waals surface area contributed by atoms with Gasteiger partial charge in [0.05, 0.1) is 6.54 Å². The number of piperidine rings is 1. The van der Waals surface area contributed by atoms with Crippen LogP contribution >= 0.6 is 0 Å². The highest BCUT2D eigenvalue weighted by Crippen LogP contribution is 2.35. The third kappa shape index (κ3) is 5.03. The largest absolute Gasteiger partial charge is 0.573 e. The van der Waals surface area contributed by atoms with Crippen LogP contribution < -0.4 is 4.74 Å². The number of hydrogen-bond acceptors (Lipinski definition) is 4. The molecule has 0 radical (unpaired) electrons. The molecule has 5 rings (SSSR count). The molecule has 0 saturated carbocycles. The molecule has 0 N–H and O–H groups in total. The fraction of sp³-hybridized carbons (Fsp3) is 0.308. The van der Waals surface area contributed by atoms with Crippen LogP contribution in [0.3, 0.4) is 0 Å². The van der Waals surface area contributed by atoms with Crippen molar-refractivity contribution < 1.29 is 32.2 Å². The van der Waals surface area contributed by atoms with Gasteiger partial charge in [-0.25, -0.2) is 4.79 Å². The molecule has 3 aromatic rings. The fourth-order valence-electron chi connectivity index (χ4n) is 4.76. The Bertz CT molecular complexity index is 1270. The van der Waals surface area contributed by atoms with Gasteiger partial charge in [0.2, 0.25) is 0 Å². The zero-order valence-corrected chi connectivity index (χ0v) is 18.8. The van der Waals surface area contributed by atoms with Crippen LogP contribution in [-0.4, -0.2) is 53.4 Å². The Labute approximate surface area is 199 Å². The van der Waals surface area contributed by atoms with E-state index in [4.69, 9.17) is 4.74 Å². The summed E-state index contributed by atoms with van der Waals surface area (Å²) in [6, 6.07) is 19.1. The highest BCUT2D eigenvalue weighted by Gasteiger charge is 2.47. The summed E-state index contributed by atoms with van der Waals surface area (Å²) in [4.78, 5) is 28.7. The highest BCUT2D eigenvalue weighted by molar-refractivity contribution is 5.94. The molecule has 0 bridgehead atoms. The molecule has 2 aliphatic heterocycles. The van der Waals surface area contributed by atoms with Gasteiger partial charge in [-0.05, 0) is 40.6 Å². The van der Waals surface area contributed by atoms with Gasteiger partial charge in [0, 0.05) is 38.0 Å². The van der Waals surface area contributed by atoms with Crippen LogP contribution in [0.25, 0.3) is 10.8 Å². The van der Waals surface area contributed by atoms with Crippen molar-refractivity contribution in [1.82, 2.24) is 9.80 Å². The lowest BCUT2D eigenvalue weighted by atomic mass is 9.91. The smallest absolute Gasteiger partial charge is 0.441 e. The van der Waals surface area contributed by atoms with Crippen LogP contribution in [0, 0.1) is 0 Å². The van der Waals surface area contributed by atoms with Crippen LogP contribution in [0.4, 0.5) is 18.0 Å². The summed E-state index contributed by atoms with van der Waals surface area (Å²) in [5.41, 5.74) is 0.446. The molecular formula is C26H23F3N2O4. The van der Waals surface area contributed by atoms with E-state index in [0.717, 1.165) is 28.5 Å². The maximum absolute atomic E-state index is 12.9. The van der Waals surface area contributed by atoms with Gasteiger partial charge in [0.15, 0.2) is 0 Å². The number of halogens is 3. The minimum Gasteiger partial charge on any atom is -0.441 e.